The fraction of sp³-hybridized carbons (Fsp3) is 0.437. The number of oxazole rings is 1. The Hall–Kier alpha value is -10.4. The lowest BCUT2D eigenvalue weighted by Gasteiger charge is -2.40. The van der Waals surface area contributed by atoms with Crippen LogP contribution in [0.4, 0.5) is 0 Å². The maximum Gasteiger partial charge on any atom is 0.355 e. The number of likely N-dealkylation sites (N-methyl/N-ethyl adjacent to an activating group) is 1. The van der Waals surface area contributed by atoms with Gasteiger partial charge in [0.15, 0.2) is 17.4 Å². The summed E-state index contributed by atoms with van der Waals surface area (Å²) in [7, 11) is 1.47. The van der Waals surface area contributed by atoms with Gasteiger partial charge in [0.25, 0.3) is 11.8 Å². The summed E-state index contributed by atoms with van der Waals surface area (Å²) in [5, 5.41) is 31.2. The number of nitrogens with zero attached hydrogens (tertiary/aromatic N) is 6. The Kier molecular flexibility index (Phi) is 25.4. The molecule has 7 heterocycles. The van der Waals surface area contributed by atoms with Crippen molar-refractivity contribution >= 4 is 70.8 Å². The van der Waals surface area contributed by atoms with E-state index in [1.165, 1.54) is 58.0 Å². The van der Waals surface area contributed by atoms with E-state index < -0.39 is 119 Å². The maximum atomic E-state index is 14.8. The lowest BCUT2D eigenvalue weighted by atomic mass is 9.94. The van der Waals surface area contributed by atoms with Crippen molar-refractivity contribution in [1.29, 1.82) is 0 Å². The van der Waals surface area contributed by atoms with Gasteiger partial charge in [0, 0.05) is 71.0 Å². The molecule has 98 heavy (non-hydrogen) atoms. The molecule has 2 aromatic heterocycles. The average Bonchev–Trinajstić information content (AvgIpc) is 1.08. The Balaban J connectivity index is 0.000000277. The van der Waals surface area contributed by atoms with Crippen LogP contribution >= 0.6 is 0 Å². The van der Waals surface area contributed by atoms with Gasteiger partial charge in [0.1, 0.15) is 71.7 Å². The third kappa shape index (κ3) is 18.8. The van der Waals surface area contributed by atoms with E-state index in [0.29, 0.717) is 12.8 Å². The number of amides is 8. The normalized spacial score (nSPS) is 26.7. The molecule has 0 spiro atoms. The first-order valence-corrected chi connectivity index (χ1v) is 32.8. The number of hydrogen-bond donors (Lipinski definition) is 6. The van der Waals surface area contributed by atoms with Crippen molar-refractivity contribution in [2.24, 2.45) is 11.8 Å². The molecule has 0 aliphatic carbocycles. The van der Waals surface area contributed by atoms with Crippen molar-refractivity contribution in [2.45, 2.75) is 154 Å². The van der Waals surface area contributed by atoms with Crippen LogP contribution in [0.3, 0.4) is 0 Å². The number of aliphatic hydroxyl groups is 1. The Morgan fingerprint density at radius 1 is 0.806 bits per heavy atom. The highest BCUT2D eigenvalue weighted by molar-refractivity contribution is 6.02. The van der Waals surface area contributed by atoms with Crippen molar-refractivity contribution in [3.8, 4) is 5.75 Å². The lowest BCUT2D eigenvalue weighted by molar-refractivity contribution is -0.157. The van der Waals surface area contributed by atoms with E-state index in [-0.39, 0.29) is 123 Å². The van der Waals surface area contributed by atoms with E-state index in [0.717, 1.165) is 17.4 Å². The summed E-state index contributed by atoms with van der Waals surface area (Å²) in [5.41, 5.74) is 1.37. The number of hydrogen-bond acceptors (Lipinski definition) is 19. The minimum absolute atomic E-state index is 0.0315. The highest BCUT2D eigenvalue weighted by atomic mass is 16.6. The number of allylic oxidation sites excluding steroid dienone is 2. The molecule has 1 unspecified atom stereocenters. The SMILES string of the molecule is CC1=C\[C@@H](O)CC(=O)Cc2nc(co2)C(=O)N2CCC=C2C(=O)O[C@@H](C(C)C)[C@@H](C)/C=C/C(=O)NC\C=C\1.CC[C@@H]1NC(=O)[C@@H](NC(=O)c2ncccc2O)[C@H](C)OC(=O)[C@@H](c2ccccc2)NC(=O)[C@@H]2CC(=O)CCN2C(=O)C(Cc2ccccc2)N(C)C(=O)[C@@H]2CCCN2C1=O. The monoisotopic (exact) mass is 1350 g/mol. The Morgan fingerprint density at radius 3 is 2.22 bits per heavy atom. The van der Waals surface area contributed by atoms with Gasteiger partial charge in [-0.05, 0) is 74.8 Å². The van der Waals surface area contributed by atoms with Gasteiger partial charge in [-0.2, -0.15) is 0 Å². The molecule has 4 aromatic rings. The number of Topliss-reactive ketones (excluding diaryl/α,β-unsaturated/α-hetero) is 2. The van der Waals surface area contributed by atoms with Crippen LogP contribution < -0.4 is 21.3 Å². The van der Waals surface area contributed by atoms with Crippen molar-refractivity contribution in [1.82, 2.24) is 50.8 Å². The Bertz CT molecular complexity index is 3750. The molecule has 8 amide bonds. The molecular formula is C71H84N10O17. The van der Waals surface area contributed by atoms with Gasteiger partial charge in [0.05, 0.1) is 12.5 Å². The third-order valence-electron chi connectivity index (χ3n) is 17.4. The number of ether oxygens (including phenoxy) is 2. The summed E-state index contributed by atoms with van der Waals surface area (Å²) in [6.07, 6.45) is 9.72. The standard InChI is InChI=1S/C43H49N7O10.C28H35N3O7/c1-4-29-40(56)49-21-12-17-30(49)41(57)48(3)32(23-26-13-7-5-8-14-26)42(58)50-22-19-28(51)24-31(50)37(53)47-35(27-15-9-6-10-16-27)43(59)60-25(2)34(38(54)45-29)46-39(55)36-33(52)18-11-20-44-36;1-17(2)26-19(4)9-10-24(34)29-11-5-7-18(3)13-20(32)14-21(33)15-25-30-22(16-37-25)27(35)31-12-6-8-23(31)28(36)38-26/h5-11,13-16,18,20,25,29-32,34-35,52H,4,12,17,19,21-24H2,1-3H3,(H,45,54)(H,46,55)(H,47,53);5,7-10,13,16-17,19-20,26,32H,6,11-12,14-15H2,1-4H3,(H,29,34)/b;7-5+,10-9+,18-13+/t25-,29-,30-,31-,32?,34-,35+;19-,20+,26-/m00/s1. The predicted molar refractivity (Wildman–Crippen MR) is 352 cm³/mol. The van der Waals surface area contributed by atoms with Gasteiger partial charge < -0.3 is 65.0 Å². The molecule has 0 radical (unpaired) electrons. The smallest absolute Gasteiger partial charge is 0.355 e. The molecule has 3 saturated heterocycles. The number of aliphatic hydroxyl groups excluding tert-OH is 1. The van der Waals surface area contributed by atoms with Gasteiger partial charge in [0.2, 0.25) is 41.3 Å². The first-order valence-electron chi connectivity index (χ1n) is 32.8. The second kappa shape index (κ2) is 34.0. The first-order chi connectivity index (χ1) is 46.8. The summed E-state index contributed by atoms with van der Waals surface area (Å²) in [6, 6.07) is 11.7. The summed E-state index contributed by atoms with van der Waals surface area (Å²) >= 11 is 0. The molecule has 5 aliphatic heterocycles. The minimum atomic E-state index is -1.68. The number of piperidine rings is 1. The number of carbonyl (C=O) groups is 12. The van der Waals surface area contributed by atoms with E-state index in [2.05, 4.69) is 31.2 Å². The zero-order chi connectivity index (χ0) is 70.9. The quantitative estimate of drug-likeness (QED) is 0.143. The zero-order valence-corrected chi connectivity index (χ0v) is 55.8. The van der Waals surface area contributed by atoms with Crippen molar-refractivity contribution in [3.63, 3.8) is 0 Å². The maximum absolute atomic E-state index is 14.8. The van der Waals surface area contributed by atoms with Gasteiger partial charge in [-0.25, -0.2) is 19.6 Å². The summed E-state index contributed by atoms with van der Waals surface area (Å²) < 4.78 is 17.0. The van der Waals surface area contributed by atoms with Crippen LogP contribution in [0.25, 0.3) is 0 Å². The number of benzene rings is 2. The van der Waals surface area contributed by atoms with Gasteiger partial charge in [-0.3, -0.25) is 47.9 Å². The molecule has 5 aliphatic rings. The van der Waals surface area contributed by atoms with Crippen molar-refractivity contribution in [2.75, 3.05) is 33.2 Å². The number of aromatic nitrogens is 2. The number of ketones is 2. The number of carbonyl (C=O) groups excluding carboxylic acids is 12. The summed E-state index contributed by atoms with van der Waals surface area (Å²) in [4.78, 5) is 177. The van der Waals surface area contributed by atoms with E-state index >= 15 is 0 Å². The molecule has 2 aromatic carbocycles. The Labute approximate surface area is 567 Å². The zero-order valence-electron chi connectivity index (χ0n) is 55.8. The van der Waals surface area contributed by atoms with Gasteiger partial charge >= 0.3 is 11.9 Å². The van der Waals surface area contributed by atoms with E-state index in [1.807, 2.05) is 26.8 Å². The summed E-state index contributed by atoms with van der Waals surface area (Å²) in [6.45, 7) is 11.0. The molecule has 27 heteroatoms. The number of esters is 2. The number of nitrogens with one attached hydrogen (secondary N) is 4. The molecular weight excluding hydrogens is 1260 g/mol. The van der Waals surface area contributed by atoms with Gasteiger partial charge in [-0.15, -0.1) is 0 Å². The van der Waals surface area contributed by atoms with Crippen LogP contribution in [0.2, 0.25) is 0 Å². The number of rotatable bonds is 7. The highest BCUT2D eigenvalue weighted by Gasteiger charge is 2.46. The molecule has 3 fully saturated rings. The third-order valence-corrected chi connectivity index (χ3v) is 17.4. The fourth-order valence-corrected chi connectivity index (χ4v) is 12.2. The van der Waals surface area contributed by atoms with Crippen LogP contribution in [0.5, 0.6) is 5.75 Å². The molecule has 0 saturated carbocycles. The number of fused-ring (bicyclic) bond motifs is 5. The molecule has 10 atom stereocenters. The highest BCUT2D eigenvalue weighted by Crippen LogP contribution is 2.29. The molecule has 9 rings (SSSR count). The second-order valence-electron chi connectivity index (χ2n) is 25.0. The lowest BCUT2D eigenvalue weighted by Crippen LogP contribution is -2.61. The molecule has 6 N–H and O–H groups in total. The van der Waals surface area contributed by atoms with Crippen molar-refractivity contribution < 1.29 is 81.6 Å². The van der Waals surface area contributed by atoms with E-state index in [4.69, 9.17) is 13.9 Å². The van der Waals surface area contributed by atoms with Crippen LogP contribution in [0, 0.1) is 11.8 Å². The fourth-order valence-electron chi connectivity index (χ4n) is 12.2. The summed E-state index contributed by atoms with van der Waals surface area (Å²) in [5.74, 6) is -8.36. The Morgan fingerprint density at radius 2 is 1.52 bits per heavy atom. The largest absolute Gasteiger partial charge is 0.505 e. The van der Waals surface area contributed by atoms with Crippen molar-refractivity contribution in [3.05, 3.63) is 161 Å². The molecule has 27 nitrogen and oxygen atoms in total. The topological polar surface area (TPSA) is 364 Å². The number of pyridine rings is 1. The average molecular weight is 1350 g/mol. The number of cyclic esters (lactones) is 2. The molecule has 520 valence electrons. The van der Waals surface area contributed by atoms with E-state index in [1.54, 1.807) is 98.8 Å². The van der Waals surface area contributed by atoms with E-state index in [9.17, 15) is 67.7 Å². The minimum Gasteiger partial charge on any atom is -0.505 e. The van der Waals surface area contributed by atoms with Gasteiger partial charge in [-0.1, -0.05) is 124 Å². The predicted octanol–water partition coefficient (Wildman–Crippen LogP) is 3.86. The van der Waals surface area contributed by atoms with Crippen LogP contribution in [-0.2, 0) is 70.3 Å². The van der Waals surface area contributed by atoms with Crippen LogP contribution in [0.15, 0.2) is 137 Å². The molecule has 2 bridgehead atoms. The number of aromatic hydroxyl groups is 1. The second-order valence-corrected chi connectivity index (χ2v) is 25.0. The van der Waals surface area contributed by atoms with Crippen LogP contribution in [0.1, 0.15) is 131 Å². The van der Waals surface area contributed by atoms with Crippen LogP contribution in [-0.4, -0.2) is 192 Å². The first kappa shape index (κ1) is 73.4.